The molecule has 106 valence electrons. The zero-order valence-corrected chi connectivity index (χ0v) is 11.9. The Labute approximate surface area is 116 Å². The topological polar surface area (TPSA) is 58.4 Å². The van der Waals surface area contributed by atoms with Gasteiger partial charge in [-0.25, -0.2) is 0 Å². The summed E-state index contributed by atoms with van der Waals surface area (Å²) in [5.41, 5.74) is 5.70. The smallest absolute Gasteiger partial charge is 0.234 e. The number of carbonyl (C=O) groups is 1. The van der Waals surface area contributed by atoms with Crippen LogP contribution in [0, 0.1) is 5.92 Å². The van der Waals surface area contributed by atoms with E-state index in [4.69, 9.17) is 5.73 Å². The molecule has 4 nitrogen and oxygen atoms in total. The van der Waals surface area contributed by atoms with Crippen molar-refractivity contribution in [2.24, 2.45) is 11.7 Å². The molecule has 1 atom stereocenters. The summed E-state index contributed by atoms with van der Waals surface area (Å²) in [6.07, 6.45) is 7.26. The molecular formula is C13H26ClN3O. The van der Waals surface area contributed by atoms with Gasteiger partial charge in [0.05, 0.1) is 6.54 Å². The van der Waals surface area contributed by atoms with Gasteiger partial charge in [0.2, 0.25) is 5.91 Å². The summed E-state index contributed by atoms with van der Waals surface area (Å²) in [5, 5.41) is 3.15. The zero-order valence-electron chi connectivity index (χ0n) is 11.1. The third kappa shape index (κ3) is 4.75. The van der Waals surface area contributed by atoms with Crippen molar-refractivity contribution in [3.05, 3.63) is 0 Å². The van der Waals surface area contributed by atoms with Crippen LogP contribution in [0.3, 0.4) is 0 Å². The molecule has 1 saturated heterocycles. The maximum Gasteiger partial charge on any atom is 0.234 e. The maximum atomic E-state index is 11.9. The van der Waals surface area contributed by atoms with Gasteiger partial charge in [0, 0.05) is 12.6 Å². The molecule has 0 aromatic heterocycles. The average Bonchev–Trinajstić information content (AvgIpc) is 2.82. The molecule has 0 aromatic rings. The second-order valence-corrected chi connectivity index (χ2v) is 5.53. The van der Waals surface area contributed by atoms with Gasteiger partial charge in [0.25, 0.3) is 0 Å². The Kier molecular flexibility index (Phi) is 6.97. The van der Waals surface area contributed by atoms with Crippen LogP contribution in [0.5, 0.6) is 0 Å². The van der Waals surface area contributed by atoms with Crippen LogP contribution in [-0.2, 0) is 4.79 Å². The van der Waals surface area contributed by atoms with E-state index in [1.165, 1.54) is 25.7 Å². The Bertz CT molecular complexity index is 257. The van der Waals surface area contributed by atoms with Gasteiger partial charge in [-0.2, -0.15) is 0 Å². The monoisotopic (exact) mass is 275 g/mol. The van der Waals surface area contributed by atoms with E-state index in [9.17, 15) is 4.79 Å². The Morgan fingerprint density at radius 1 is 1.22 bits per heavy atom. The van der Waals surface area contributed by atoms with Crippen molar-refractivity contribution in [3.63, 3.8) is 0 Å². The summed E-state index contributed by atoms with van der Waals surface area (Å²) in [6, 6.07) is 0.442. The summed E-state index contributed by atoms with van der Waals surface area (Å²) in [7, 11) is 0. The molecule has 1 unspecified atom stereocenters. The van der Waals surface area contributed by atoms with Crippen molar-refractivity contribution in [1.29, 1.82) is 0 Å². The molecule has 5 heteroatoms. The molecule has 1 heterocycles. The van der Waals surface area contributed by atoms with Gasteiger partial charge in [0.1, 0.15) is 0 Å². The number of piperidine rings is 1. The summed E-state index contributed by atoms with van der Waals surface area (Å²) in [5.74, 6) is 0.789. The van der Waals surface area contributed by atoms with E-state index in [0.717, 1.165) is 32.5 Å². The SMILES string of the molecule is Cl.NCC1CCCN(CC(=O)NC2CCCC2)C1. The minimum absolute atomic E-state index is 0. The third-order valence-corrected chi connectivity index (χ3v) is 4.02. The highest BCUT2D eigenvalue weighted by atomic mass is 35.5. The molecule has 1 aliphatic heterocycles. The Morgan fingerprint density at radius 2 is 1.94 bits per heavy atom. The van der Waals surface area contributed by atoms with Crippen LogP contribution < -0.4 is 11.1 Å². The van der Waals surface area contributed by atoms with E-state index in [-0.39, 0.29) is 18.3 Å². The van der Waals surface area contributed by atoms with Crippen LogP contribution in [0.2, 0.25) is 0 Å². The zero-order chi connectivity index (χ0) is 12.1. The van der Waals surface area contributed by atoms with Gasteiger partial charge >= 0.3 is 0 Å². The molecular weight excluding hydrogens is 250 g/mol. The van der Waals surface area contributed by atoms with Gasteiger partial charge in [-0.05, 0) is 44.7 Å². The van der Waals surface area contributed by atoms with Crippen molar-refractivity contribution >= 4 is 18.3 Å². The number of carbonyl (C=O) groups excluding carboxylic acids is 1. The van der Waals surface area contributed by atoms with E-state index < -0.39 is 0 Å². The highest BCUT2D eigenvalue weighted by Gasteiger charge is 2.22. The molecule has 2 rings (SSSR count). The number of nitrogens with two attached hydrogens (primary N) is 1. The highest BCUT2D eigenvalue weighted by Crippen LogP contribution is 2.18. The molecule has 0 aromatic carbocycles. The molecule has 1 aliphatic carbocycles. The van der Waals surface area contributed by atoms with Crippen molar-refractivity contribution in [1.82, 2.24) is 10.2 Å². The summed E-state index contributed by atoms with van der Waals surface area (Å²) in [6.45, 7) is 3.36. The van der Waals surface area contributed by atoms with Crippen molar-refractivity contribution in [2.75, 3.05) is 26.2 Å². The average molecular weight is 276 g/mol. The van der Waals surface area contributed by atoms with E-state index in [2.05, 4.69) is 10.2 Å². The Morgan fingerprint density at radius 3 is 2.61 bits per heavy atom. The minimum atomic E-state index is 0. The van der Waals surface area contributed by atoms with E-state index >= 15 is 0 Å². The number of nitrogens with one attached hydrogen (secondary N) is 1. The lowest BCUT2D eigenvalue weighted by molar-refractivity contribution is -0.123. The van der Waals surface area contributed by atoms with Gasteiger partial charge in [-0.1, -0.05) is 12.8 Å². The first-order valence-electron chi connectivity index (χ1n) is 6.99. The lowest BCUT2D eigenvalue weighted by Crippen LogP contribution is -2.45. The highest BCUT2D eigenvalue weighted by molar-refractivity contribution is 5.85. The van der Waals surface area contributed by atoms with Crippen molar-refractivity contribution in [3.8, 4) is 0 Å². The largest absolute Gasteiger partial charge is 0.352 e. The number of nitrogens with zero attached hydrogens (tertiary/aromatic N) is 1. The molecule has 1 amide bonds. The first kappa shape index (κ1) is 15.7. The van der Waals surface area contributed by atoms with Gasteiger partial charge < -0.3 is 11.1 Å². The van der Waals surface area contributed by atoms with Crippen LogP contribution in [0.25, 0.3) is 0 Å². The molecule has 18 heavy (non-hydrogen) atoms. The second kappa shape index (κ2) is 7.97. The number of hydrogen-bond donors (Lipinski definition) is 2. The standard InChI is InChI=1S/C13H25N3O.ClH/c14-8-11-4-3-7-16(9-11)10-13(17)15-12-5-1-2-6-12;/h11-12H,1-10,14H2,(H,15,17);1H. The fourth-order valence-corrected chi connectivity index (χ4v) is 3.03. The Hall–Kier alpha value is -0.320. The summed E-state index contributed by atoms with van der Waals surface area (Å²) < 4.78 is 0. The second-order valence-electron chi connectivity index (χ2n) is 5.53. The van der Waals surface area contributed by atoms with Gasteiger partial charge in [0.15, 0.2) is 0 Å². The number of amides is 1. The lowest BCUT2D eigenvalue weighted by atomic mass is 9.98. The van der Waals surface area contributed by atoms with Crippen LogP contribution in [0.4, 0.5) is 0 Å². The fraction of sp³-hybridized carbons (Fsp3) is 0.923. The first-order chi connectivity index (χ1) is 8.28. The van der Waals surface area contributed by atoms with E-state index in [0.29, 0.717) is 18.5 Å². The molecule has 2 aliphatic rings. The Balaban J connectivity index is 0.00000162. The maximum absolute atomic E-state index is 11.9. The summed E-state index contributed by atoms with van der Waals surface area (Å²) >= 11 is 0. The van der Waals surface area contributed by atoms with Gasteiger partial charge in [-0.15, -0.1) is 12.4 Å². The number of hydrogen-bond acceptors (Lipinski definition) is 3. The van der Waals surface area contributed by atoms with Crippen molar-refractivity contribution < 1.29 is 4.79 Å². The van der Waals surface area contributed by atoms with E-state index in [1.54, 1.807) is 0 Å². The van der Waals surface area contributed by atoms with E-state index in [1.807, 2.05) is 0 Å². The third-order valence-electron chi connectivity index (χ3n) is 4.02. The van der Waals surface area contributed by atoms with Crippen molar-refractivity contribution in [2.45, 2.75) is 44.6 Å². The predicted molar refractivity (Wildman–Crippen MR) is 75.9 cm³/mol. The molecule has 2 fully saturated rings. The predicted octanol–water partition coefficient (Wildman–Crippen LogP) is 1.14. The number of likely N-dealkylation sites (tertiary alicyclic amines) is 1. The quantitative estimate of drug-likeness (QED) is 0.809. The molecule has 0 spiro atoms. The summed E-state index contributed by atoms with van der Waals surface area (Å²) in [4.78, 5) is 14.1. The molecule has 0 bridgehead atoms. The molecule has 3 N–H and O–H groups in total. The number of rotatable bonds is 4. The van der Waals surface area contributed by atoms with Crippen LogP contribution in [0.15, 0.2) is 0 Å². The fourth-order valence-electron chi connectivity index (χ4n) is 3.03. The van der Waals surface area contributed by atoms with Crippen LogP contribution in [-0.4, -0.2) is 43.0 Å². The molecule has 0 radical (unpaired) electrons. The van der Waals surface area contributed by atoms with Gasteiger partial charge in [-0.3, -0.25) is 9.69 Å². The minimum Gasteiger partial charge on any atom is -0.352 e. The molecule has 1 saturated carbocycles. The first-order valence-corrected chi connectivity index (χ1v) is 6.99. The van der Waals surface area contributed by atoms with Crippen LogP contribution >= 0.6 is 12.4 Å². The lowest BCUT2D eigenvalue weighted by Gasteiger charge is -2.31. The normalized spacial score (nSPS) is 25.7. The number of halogens is 1. The van der Waals surface area contributed by atoms with Crippen LogP contribution in [0.1, 0.15) is 38.5 Å².